The molecule has 24 heavy (non-hydrogen) atoms. The van der Waals surface area contributed by atoms with E-state index in [4.69, 9.17) is 0 Å². The Balaban J connectivity index is 1.71. The summed E-state index contributed by atoms with van der Waals surface area (Å²) in [4.78, 5) is 32.1. The summed E-state index contributed by atoms with van der Waals surface area (Å²) in [7, 11) is 0. The van der Waals surface area contributed by atoms with Crippen molar-refractivity contribution in [3.05, 3.63) is 50.4 Å². The number of H-pyrrole nitrogens is 1. The average molecular weight is 348 g/mol. The maximum atomic E-state index is 10.9. The highest BCUT2D eigenvalue weighted by Gasteiger charge is 2.17. The Morgan fingerprint density at radius 1 is 1.29 bits per heavy atom. The summed E-state index contributed by atoms with van der Waals surface area (Å²) >= 11 is 1.38. The quantitative estimate of drug-likeness (QED) is 0.411. The van der Waals surface area contributed by atoms with E-state index >= 15 is 0 Å². The summed E-state index contributed by atoms with van der Waals surface area (Å²) in [6.45, 7) is 2.11. The van der Waals surface area contributed by atoms with Crippen LogP contribution in [0.15, 0.2) is 29.6 Å². The molecule has 0 aliphatic heterocycles. The van der Waals surface area contributed by atoms with Crippen LogP contribution in [0.3, 0.4) is 0 Å². The fraction of sp³-hybridized carbons (Fsp3) is 0.231. The van der Waals surface area contributed by atoms with Gasteiger partial charge in [0.25, 0.3) is 5.69 Å². The van der Waals surface area contributed by atoms with Crippen LogP contribution >= 0.6 is 11.8 Å². The summed E-state index contributed by atoms with van der Waals surface area (Å²) in [5.41, 5.74) is 1.21. The molecule has 10 nitrogen and oxygen atoms in total. The Labute approximate surface area is 139 Å². The molecule has 0 fully saturated rings. The standard InChI is InChI=1S/C13H12N6O4S/c1-8-14-7-12(19(22)23)17(8)4-5-24-13-15-10-3-2-9(18(20)21)6-11(10)16-13/h2-3,6-7H,4-5H2,1H3,(H,15,16). The molecule has 1 aromatic carbocycles. The minimum Gasteiger partial charge on any atom is -0.358 e. The van der Waals surface area contributed by atoms with Crippen molar-refractivity contribution in [2.24, 2.45) is 0 Å². The summed E-state index contributed by atoms with van der Waals surface area (Å²) in [5, 5.41) is 22.3. The number of fused-ring (bicyclic) bond motifs is 1. The van der Waals surface area contributed by atoms with Gasteiger partial charge in [0, 0.05) is 24.8 Å². The number of aromatic nitrogens is 4. The zero-order valence-corrected chi connectivity index (χ0v) is 13.3. The van der Waals surface area contributed by atoms with E-state index in [1.165, 1.54) is 34.7 Å². The molecule has 2 aromatic heterocycles. The van der Waals surface area contributed by atoms with E-state index in [1.807, 2.05) is 0 Å². The molecule has 3 aromatic rings. The molecule has 2 heterocycles. The second-order valence-corrected chi connectivity index (χ2v) is 6.00. The molecule has 124 valence electrons. The number of aromatic amines is 1. The monoisotopic (exact) mass is 348 g/mol. The van der Waals surface area contributed by atoms with Gasteiger partial charge >= 0.3 is 5.82 Å². The molecule has 0 atom stereocenters. The summed E-state index contributed by atoms with van der Waals surface area (Å²) < 4.78 is 1.53. The van der Waals surface area contributed by atoms with Gasteiger partial charge in [-0.2, -0.15) is 0 Å². The Morgan fingerprint density at radius 3 is 2.79 bits per heavy atom. The van der Waals surface area contributed by atoms with Crippen LogP contribution in [0, 0.1) is 27.2 Å². The molecule has 0 bridgehead atoms. The van der Waals surface area contributed by atoms with Gasteiger partial charge in [0.2, 0.25) is 0 Å². The first-order valence-corrected chi connectivity index (χ1v) is 7.88. The lowest BCUT2D eigenvalue weighted by molar-refractivity contribution is -0.392. The van der Waals surface area contributed by atoms with Crippen LogP contribution in [-0.4, -0.2) is 35.1 Å². The average Bonchev–Trinajstić information content (AvgIpc) is 3.10. The van der Waals surface area contributed by atoms with Gasteiger partial charge in [-0.05, 0) is 11.0 Å². The van der Waals surface area contributed by atoms with Gasteiger partial charge in [-0.25, -0.2) is 14.5 Å². The fourth-order valence-corrected chi connectivity index (χ4v) is 3.08. The first kappa shape index (κ1) is 15.9. The Kier molecular flexibility index (Phi) is 4.16. The molecule has 0 radical (unpaired) electrons. The number of nitrogens with one attached hydrogen (secondary N) is 1. The third-order valence-corrected chi connectivity index (χ3v) is 4.28. The number of hydrogen-bond acceptors (Lipinski definition) is 7. The Morgan fingerprint density at radius 2 is 2.08 bits per heavy atom. The molecule has 1 N–H and O–H groups in total. The van der Waals surface area contributed by atoms with E-state index in [0.717, 1.165) is 0 Å². The predicted molar refractivity (Wildman–Crippen MR) is 87.1 cm³/mol. The molecule has 0 saturated carbocycles. The van der Waals surface area contributed by atoms with Crippen LogP contribution in [0.4, 0.5) is 11.5 Å². The van der Waals surface area contributed by atoms with Crippen molar-refractivity contribution in [2.75, 3.05) is 5.75 Å². The van der Waals surface area contributed by atoms with E-state index in [2.05, 4.69) is 15.0 Å². The van der Waals surface area contributed by atoms with Gasteiger partial charge < -0.3 is 15.1 Å². The van der Waals surface area contributed by atoms with E-state index in [1.54, 1.807) is 13.0 Å². The van der Waals surface area contributed by atoms with Crippen LogP contribution in [0.1, 0.15) is 5.82 Å². The third-order valence-electron chi connectivity index (χ3n) is 3.43. The van der Waals surface area contributed by atoms with Crippen molar-refractivity contribution in [1.82, 2.24) is 19.5 Å². The smallest absolute Gasteiger partial charge is 0.342 e. The van der Waals surface area contributed by atoms with Gasteiger partial charge in [0.15, 0.2) is 11.0 Å². The maximum Gasteiger partial charge on any atom is 0.342 e. The first-order valence-electron chi connectivity index (χ1n) is 6.89. The van der Waals surface area contributed by atoms with Crippen LogP contribution < -0.4 is 0 Å². The number of aryl methyl sites for hydroxylation is 1. The summed E-state index contributed by atoms with van der Waals surface area (Å²) in [5.74, 6) is 1.07. The van der Waals surface area contributed by atoms with Crippen LogP contribution in [0.5, 0.6) is 0 Å². The van der Waals surface area contributed by atoms with Gasteiger partial charge in [0.05, 0.1) is 16.0 Å². The van der Waals surface area contributed by atoms with Crippen molar-refractivity contribution in [2.45, 2.75) is 18.6 Å². The normalized spacial score (nSPS) is 11.0. The molecular formula is C13H12N6O4S. The first-order chi connectivity index (χ1) is 11.5. The number of nitro groups is 2. The topological polar surface area (TPSA) is 133 Å². The molecule has 0 saturated heterocycles. The minimum atomic E-state index is -0.467. The highest BCUT2D eigenvalue weighted by Crippen LogP contribution is 2.24. The molecule has 0 aliphatic rings. The highest BCUT2D eigenvalue weighted by atomic mass is 32.2. The number of thioether (sulfide) groups is 1. The van der Waals surface area contributed by atoms with Crippen molar-refractivity contribution >= 4 is 34.3 Å². The maximum absolute atomic E-state index is 10.9. The number of nitrogens with zero attached hydrogens (tertiary/aromatic N) is 5. The second-order valence-electron chi connectivity index (χ2n) is 4.92. The third kappa shape index (κ3) is 3.06. The molecule has 0 amide bonds. The predicted octanol–water partition coefficient (Wildman–Crippen LogP) is 2.68. The van der Waals surface area contributed by atoms with E-state index in [0.29, 0.717) is 34.3 Å². The summed E-state index contributed by atoms with van der Waals surface area (Å²) in [6.07, 6.45) is 1.24. The van der Waals surface area contributed by atoms with Crippen molar-refractivity contribution < 1.29 is 9.85 Å². The van der Waals surface area contributed by atoms with Gasteiger partial charge in [0.1, 0.15) is 12.7 Å². The number of rotatable bonds is 6. The molecular weight excluding hydrogens is 336 g/mol. The van der Waals surface area contributed by atoms with Crippen LogP contribution in [-0.2, 0) is 6.54 Å². The number of non-ortho nitro benzene ring substituents is 1. The van der Waals surface area contributed by atoms with Gasteiger partial charge in [-0.15, -0.1) is 0 Å². The lowest BCUT2D eigenvalue weighted by Gasteiger charge is -2.01. The zero-order chi connectivity index (χ0) is 17.3. The highest BCUT2D eigenvalue weighted by molar-refractivity contribution is 7.99. The molecule has 0 unspecified atom stereocenters. The Hall–Kier alpha value is -2.95. The van der Waals surface area contributed by atoms with Crippen molar-refractivity contribution in [1.29, 1.82) is 0 Å². The largest absolute Gasteiger partial charge is 0.358 e. The van der Waals surface area contributed by atoms with E-state index in [-0.39, 0.29) is 11.5 Å². The lowest BCUT2D eigenvalue weighted by atomic mass is 10.3. The lowest BCUT2D eigenvalue weighted by Crippen LogP contribution is -2.06. The van der Waals surface area contributed by atoms with Crippen molar-refractivity contribution in [3.8, 4) is 0 Å². The Bertz CT molecular complexity index is 934. The SMILES string of the molecule is Cc1ncc([N+](=O)[O-])n1CCSc1nc2ccc([N+](=O)[O-])cc2[nH]1. The number of benzene rings is 1. The molecule has 0 spiro atoms. The van der Waals surface area contributed by atoms with Crippen LogP contribution in [0.2, 0.25) is 0 Å². The summed E-state index contributed by atoms with van der Waals surface area (Å²) in [6, 6.07) is 4.41. The van der Waals surface area contributed by atoms with E-state index in [9.17, 15) is 20.2 Å². The number of imidazole rings is 2. The van der Waals surface area contributed by atoms with Crippen LogP contribution in [0.25, 0.3) is 11.0 Å². The number of hydrogen-bond donors (Lipinski definition) is 1. The van der Waals surface area contributed by atoms with Gasteiger partial charge in [-0.3, -0.25) is 10.1 Å². The second kappa shape index (κ2) is 6.28. The molecule has 3 rings (SSSR count). The number of nitro benzene ring substituents is 1. The molecule has 0 aliphatic carbocycles. The van der Waals surface area contributed by atoms with E-state index < -0.39 is 9.85 Å². The fourth-order valence-electron chi connectivity index (χ4n) is 2.27. The minimum absolute atomic E-state index is 0.00707. The van der Waals surface area contributed by atoms with Gasteiger partial charge in [-0.1, -0.05) is 11.8 Å². The molecule has 11 heteroatoms. The zero-order valence-electron chi connectivity index (χ0n) is 12.5. The van der Waals surface area contributed by atoms with Crippen molar-refractivity contribution in [3.63, 3.8) is 0 Å².